The minimum atomic E-state index is -4.49. The normalized spacial score (nSPS) is 13.8. The molecule has 1 aromatic carbocycles. The standard InChI is InChI=1S/C22H23F3N6O.C2H6/c1-12-29-19(28-11-13-7-15(22(23,24)25)9-16(26)8-13)18-10-17(14-3-5-27-6-4-14)21(32)31(2)20(18)30-12;1-2/h3,7-10,27H,4-6,11,26H2,1-2H3,(H,28,29,30);1-2H3. The number of benzene rings is 1. The molecule has 182 valence electrons. The Hall–Kier alpha value is -3.40. The molecule has 0 fully saturated rings. The van der Waals surface area contributed by atoms with E-state index in [1.165, 1.54) is 10.6 Å². The molecule has 2 aromatic heterocycles. The van der Waals surface area contributed by atoms with Gasteiger partial charge in [0.05, 0.1) is 10.9 Å². The molecule has 10 heteroatoms. The first-order valence-electron chi connectivity index (χ1n) is 11.1. The predicted octanol–water partition coefficient (Wildman–Crippen LogP) is 4.25. The van der Waals surface area contributed by atoms with Gasteiger partial charge in [0.25, 0.3) is 5.56 Å². The number of hydrogen-bond donors (Lipinski definition) is 3. The van der Waals surface area contributed by atoms with E-state index in [1.807, 2.05) is 19.9 Å². The zero-order valence-corrected chi connectivity index (χ0v) is 19.7. The first-order valence-corrected chi connectivity index (χ1v) is 11.1. The molecule has 0 aliphatic carbocycles. The number of nitrogen functional groups attached to an aromatic ring is 1. The Balaban J connectivity index is 0.00000158. The van der Waals surface area contributed by atoms with E-state index in [2.05, 4.69) is 20.6 Å². The lowest BCUT2D eigenvalue weighted by Crippen LogP contribution is -2.26. The van der Waals surface area contributed by atoms with Gasteiger partial charge in [-0.05, 0) is 55.3 Å². The number of halogens is 3. The summed E-state index contributed by atoms with van der Waals surface area (Å²) < 4.78 is 40.9. The zero-order chi connectivity index (χ0) is 25.0. The minimum absolute atomic E-state index is 0.0304. The topological polar surface area (TPSA) is 97.9 Å². The second kappa shape index (κ2) is 10.3. The monoisotopic (exact) mass is 474 g/mol. The van der Waals surface area contributed by atoms with Crippen LogP contribution in [0.15, 0.2) is 35.1 Å². The van der Waals surface area contributed by atoms with Gasteiger partial charge >= 0.3 is 6.18 Å². The summed E-state index contributed by atoms with van der Waals surface area (Å²) in [4.78, 5) is 21.8. The van der Waals surface area contributed by atoms with Gasteiger partial charge < -0.3 is 16.4 Å². The third kappa shape index (κ3) is 5.39. The van der Waals surface area contributed by atoms with Crippen molar-refractivity contribution in [2.45, 2.75) is 39.9 Å². The Kier molecular flexibility index (Phi) is 7.61. The summed E-state index contributed by atoms with van der Waals surface area (Å²) in [5.41, 5.74) is 7.09. The molecule has 1 aliphatic rings. The van der Waals surface area contributed by atoms with Crippen molar-refractivity contribution in [2.24, 2.45) is 7.05 Å². The second-order valence-corrected chi connectivity index (χ2v) is 7.78. The molecule has 0 saturated carbocycles. The number of aryl methyl sites for hydroxylation is 2. The van der Waals surface area contributed by atoms with E-state index in [1.54, 1.807) is 20.0 Å². The van der Waals surface area contributed by atoms with E-state index in [-0.39, 0.29) is 17.8 Å². The highest BCUT2D eigenvalue weighted by Gasteiger charge is 2.31. The van der Waals surface area contributed by atoms with Crippen LogP contribution in [-0.4, -0.2) is 27.6 Å². The Labute approximate surface area is 195 Å². The van der Waals surface area contributed by atoms with Gasteiger partial charge in [-0.3, -0.25) is 9.36 Å². The minimum Gasteiger partial charge on any atom is -0.399 e. The quantitative estimate of drug-likeness (QED) is 0.489. The number of nitrogens with two attached hydrogens (primary N) is 1. The van der Waals surface area contributed by atoms with Crippen LogP contribution in [0, 0.1) is 6.92 Å². The van der Waals surface area contributed by atoms with E-state index in [4.69, 9.17) is 5.73 Å². The Morgan fingerprint density at radius 1 is 1.18 bits per heavy atom. The van der Waals surface area contributed by atoms with Crippen LogP contribution in [-0.2, 0) is 19.8 Å². The highest BCUT2D eigenvalue weighted by molar-refractivity contribution is 5.89. The summed E-state index contributed by atoms with van der Waals surface area (Å²) in [5, 5.41) is 6.94. The number of nitrogens with zero attached hydrogens (tertiary/aromatic N) is 3. The largest absolute Gasteiger partial charge is 0.416 e. The lowest BCUT2D eigenvalue weighted by Gasteiger charge is -2.17. The van der Waals surface area contributed by atoms with Crippen molar-refractivity contribution in [3.8, 4) is 0 Å². The Bertz CT molecular complexity index is 1280. The van der Waals surface area contributed by atoms with Crippen molar-refractivity contribution in [3.05, 3.63) is 63.2 Å². The number of nitrogens with one attached hydrogen (secondary N) is 2. The van der Waals surface area contributed by atoms with Gasteiger partial charge in [0, 0.05) is 31.4 Å². The summed E-state index contributed by atoms with van der Waals surface area (Å²) in [5.74, 6) is 0.877. The number of alkyl halides is 3. The molecule has 0 amide bonds. The first-order chi connectivity index (χ1) is 16.1. The summed E-state index contributed by atoms with van der Waals surface area (Å²) in [6.07, 6.45) is -1.78. The van der Waals surface area contributed by atoms with E-state index in [9.17, 15) is 18.0 Å². The van der Waals surface area contributed by atoms with Crippen molar-refractivity contribution in [2.75, 3.05) is 24.1 Å². The molecular weight excluding hydrogens is 445 g/mol. The summed E-state index contributed by atoms with van der Waals surface area (Å²) in [7, 11) is 1.65. The van der Waals surface area contributed by atoms with Crippen molar-refractivity contribution < 1.29 is 13.2 Å². The van der Waals surface area contributed by atoms with Gasteiger partial charge in [0.2, 0.25) is 0 Å². The van der Waals surface area contributed by atoms with E-state index in [0.29, 0.717) is 40.3 Å². The molecule has 3 heterocycles. The van der Waals surface area contributed by atoms with Crippen LogP contribution < -0.4 is 21.9 Å². The summed E-state index contributed by atoms with van der Waals surface area (Å²) >= 11 is 0. The maximum absolute atomic E-state index is 13.1. The second-order valence-electron chi connectivity index (χ2n) is 7.78. The number of hydrogen-bond acceptors (Lipinski definition) is 6. The van der Waals surface area contributed by atoms with Crippen LogP contribution in [0.3, 0.4) is 0 Å². The average Bonchev–Trinajstić information content (AvgIpc) is 2.81. The average molecular weight is 475 g/mol. The van der Waals surface area contributed by atoms with Crippen LogP contribution in [0.4, 0.5) is 24.7 Å². The molecule has 0 bridgehead atoms. The molecule has 4 rings (SSSR count). The molecule has 34 heavy (non-hydrogen) atoms. The molecule has 7 nitrogen and oxygen atoms in total. The number of fused-ring (bicyclic) bond motifs is 1. The molecule has 0 atom stereocenters. The van der Waals surface area contributed by atoms with Crippen LogP contribution >= 0.6 is 0 Å². The van der Waals surface area contributed by atoms with Crippen molar-refractivity contribution in [3.63, 3.8) is 0 Å². The van der Waals surface area contributed by atoms with E-state index < -0.39 is 11.7 Å². The summed E-state index contributed by atoms with van der Waals surface area (Å²) in [6.45, 7) is 7.23. The SMILES string of the molecule is CC.Cc1nc(NCc2cc(N)cc(C(F)(F)F)c2)c2cc(C3=CCNCC3)c(=O)n(C)c2n1. The van der Waals surface area contributed by atoms with Crippen molar-refractivity contribution in [1.82, 2.24) is 19.9 Å². The number of rotatable bonds is 4. The highest BCUT2D eigenvalue weighted by atomic mass is 19.4. The van der Waals surface area contributed by atoms with Crippen molar-refractivity contribution >= 4 is 28.1 Å². The smallest absolute Gasteiger partial charge is 0.399 e. The highest BCUT2D eigenvalue weighted by Crippen LogP contribution is 2.32. The molecule has 0 saturated heterocycles. The summed E-state index contributed by atoms with van der Waals surface area (Å²) in [6, 6.07) is 5.21. The predicted molar refractivity (Wildman–Crippen MR) is 130 cm³/mol. The molecule has 0 unspecified atom stereocenters. The van der Waals surface area contributed by atoms with Gasteiger partial charge in [0.1, 0.15) is 17.3 Å². The number of pyridine rings is 1. The van der Waals surface area contributed by atoms with E-state index in [0.717, 1.165) is 30.7 Å². The fourth-order valence-corrected chi connectivity index (χ4v) is 3.84. The van der Waals surface area contributed by atoms with Gasteiger partial charge in [-0.2, -0.15) is 13.2 Å². The molecule has 1 aliphatic heterocycles. The third-order valence-corrected chi connectivity index (χ3v) is 5.39. The van der Waals surface area contributed by atoms with Crippen molar-refractivity contribution in [1.29, 1.82) is 0 Å². The zero-order valence-electron chi connectivity index (χ0n) is 19.7. The van der Waals surface area contributed by atoms with Crippen LogP contribution in [0.1, 0.15) is 42.8 Å². The molecular formula is C24H29F3N6O. The molecule has 0 radical (unpaired) electrons. The maximum Gasteiger partial charge on any atom is 0.416 e. The van der Waals surface area contributed by atoms with Crippen LogP contribution in [0.2, 0.25) is 0 Å². The Morgan fingerprint density at radius 2 is 1.91 bits per heavy atom. The van der Waals surface area contributed by atoms with E-state index >= 15 is 0 Å². The fraction of sp³-hybridized carbons (Fsp3) is 0.375. The number of aromatic nitrogens is 3. The lowest BCUT2D eigenvalue weighted by molar-refractivity contribution is -0.137. The van der Waals surface area contributed by atoms with Gasteiger partial charge in [-0.1, -0.05) is 19.9 Å². The van der Waals surface area contributed by atoms with Gasteiger partial charge in [-0.25, -0.2) is 9.97 Å². The third-order valence-electron chi connectivity index (χ3n) is 5.39. The van der Waals surface area contributed by atoms with Crippen LogP contribution in [0.25, 0.3) is 16.6 Å². The fourth-order valence-electron chi connectivity index (χ4n) is 3.84. The van der Waals surface area contributed by atoms with Gasteiger partial charge in [0.15, 0.2) is 0 Å². The van der Waals surface area contributed by atoms with Crippen LogP contribution in [0.5, 0.6) is 0 Å². The molecule has 0 spiro atoms. The molecule has 4 N–H and O–H groups in total. The first kappa shape index (κ1) is 25.2. The lowest BCUT2D eigenvalue weighted by atomic mass is 10.0. The Morgan fingerprint density at radius 3 is 2.56 bits per heavy atom. The molecule has 3 aromatic rings. The van der Waals surface area contributed by atoms with Gasteiger partial charge in [-0.15, -0.1) is 0 Å². The maximum atomic E-state index is 13.1. The number of anilines is 2.